The number of hydrogen-bond acceptors (Lipinski definition) is 7. The largest absolute Gasteiger partial charge is 0.368 e. The van der Waals surface area contributed by atoms with Gasteiger partial charge in [-0.05, 0) is 43.2 Å². The smallest absolute Gasteiger partial charge is 0.225 e. The van der Waals surface area contributed by atoms with E-state index in [0.717, 1.165) is 50.5 Å². The van der Waals surface area contributed by atoms with E-state index < -0.39 is 0 Å². The molecule has 0 saturated heterocycles. The maximum absolute atomic E-state index is 5.78. The lowest BCUT2D eigenvalue weighted by Crippen LogP contribution is -2.11. The molecular formula is C30H26N8. The fourth-order valence-electron chi connectivity index (χ4n) is 4.53. The third-order valence-corrected chi connectivity index (χ3v) is 6.54. The molecule has 8 nitrogen and oxygen atoms in total. The van der Waals surface area contributed by atoms with E-state index in [9.17, 15) is 0 Å². The van der Waals surface area contributed by atoms with Gasteiger partial charge in [-0.3, -0.25) is 4.57 Å². The Morgan fingerprint density at radius 2 is 1.63 bits per heavy atom. The molecule has 3 N–H and O–H groups in total. The topological polar surface area (TPSA) is 107 Å². The van der Waals surface area contributed by atoms with Crippen molar-refractivity contribution < 1.29 is 0 Å². The van der Waals surface area contributed by atoms with Crippen molar-refractivity contribution in [1.82, 2.24) is 29.5 Å². The van der Waals surface area contributed by atoms with Gasteiger partial charge >= 0.3 is 0 Å². The van der Waals surface area contributed by atoms with E-state index in [1.54, 1.807) is 12.5 Å². The average molecular weight is 499 g/mol. The molecule has 0 aliphatic heterocycles. The van der Waals surface area contributed by atoms with E-state index in [2.05, 4.69) is 58.4 Å². The molecule has 3 aromatic carbocycles. The normalized spacial score (nSPS) is 11.9. The summed E-state index contributed by atoms with van der Waals surface area (Å²) in [5, 5.41) is 3.49. The maximum atomic E-state index is 5.78. The molecule has 0 aliphatic rings. The van der Waals surface area contributed by atoms with Gasteiger partial charge in [-0.1, -0.05) is 60.7 Å². The second kappa shape index (κ2) is 9.74. The quantitative estimate of drug-likeness (QED) is 0.290. The zero-order valence-corrected chi connectivity index (χ0v) is 21.1. The Hall–Kier alpha value is -5.11. The lowest BCUT2D eigenvalue weighted by Gasteiger charge is -2.17. The molecule has 0 radical (unpaired) electrons. The van der Waals surface area contributed by atoms with E-state index in [0.29, 0.717) is 5.95 Å². The lowest BCUT2D eigenvalue weighted by atomic mass is 10.1. The van der Waals surface area contributed by atoms with E-state index in [1.165, 1.54) is 0 Å². The number of benzene rings is 3. The first-order valence-electron chi connectivity index (χ1n) is 12.4. The molecule has 0 saturated carbocycles. The van der Waals surface area contributed by atoms with Crippen LogP contribution in [0.3, 0.4) is 0 Å². The van der Waals surface area contributed by atoms with Crippen molar-refractivity contribution in [1.29, 1.82) is 0 Å². The molecule has 186 valence electrons. The summed E-state index contributed by atoms with van der Waals surface area (Å²) in [5.41, 5.74) is 13.4. The van der Waals surface area contributed by atoms with Crippen molar-refractivity contribution in [3.05, 3.63) is 109 Å². The Morgan fingerprint density at radius 3 is 2.45 bits per heavy atom. The fraction of sp³-hybridized carbons (Fsp3) is 0.100. The molecule has 0 fully saturated rings. The summed E-state index contributed by atoms with van der Waals surface area (Å²) in [6, 6.07) is 28.4. The van der Waals surface area contributed by atoms with Gasteiger partial charge in [0.15, 0.2) is 0 Å². The van der Waals surface area contributed by atoms with Crippen LogP contribution >= 0.6 is 0 Å². The van der Waals surface area contributed by atoms with Crippen LogP contribution in [0, 0.1) is 6.92 Å². The summed E-state index contributed by atoms with van der Waals surface area (Å²) in [5.74, 6) is 1.51. The van der Waals surface area contributed by atoms with Crippen molar-refractivity contribution in [2.24, 2.45) is 0 Å². The summed E-state index contributed by atoms with van der Waals surface area (Å²) >= 11 is 0. The number of hydrogen-bond donors (Lipinski definition) is 2. The molecule has 1 atom stereocenters. The highest BCUT2D eigenvalue weighted by molar-refractivity contribution is 5.83. The van der Waals surface area contributed by atoms with Crippen LogP contribution in [-0.4, -0.2) is 29.5 Å². The number of nitrogens with two attached hydrogens (primary N) is 1. The third-order valence-electron chi connectivity index (χ3n) is 6.54. The molecular weight excluding hydrogens is 472 g/mol. The van der Waals surface area contributed by atoms with Crippen LogP contribution < -0.4 is 11.1 Å². The van der Waals surface area contributed by atoms with E-state index >= 15 is 0 Å². The third kappa shape index (κ3) is 4.55. The van der Waals surface area contributed by atoms with Crippen molar-refractivity contribution in [2.45, 2.75) is 19.9 Å². The number of aryl methyl sites for hydroxylation is 1. The second-order valence-electron chi connectivity index (χ2n) is 9.14. The molecule has 0 aliphatic carbocycles. The van der Waals surface area contributed by atoms with Crippen LogP contribution in [0.2, 0.25) is 0 Å². The number of nitrogen functional groups attached to an aromatic ring is 1. The van der Waals surface area contributed by atoms with Gasteiger partial charge < -0.3 is 11.1 Å². The number of anilines is 2. The van der Waals surface area contributed by atoms with E-state index in [-0.39, 0.29) is 12.0 Å². The first kappa shape index (κ1) is 23.3. The fourth-order valence-corrected chi connectivity index (χ4v) is 4.53. The SMILES string of the molecule is Cc1ccccc1-c1cc(-n2cnc3cc(-c4ccnc(N)n4)ccc32)nc(NC(C)c2ccccc2)n1. The average Bonchev–Trinajstić information content (AvgIpc) is 3.37. The van der Waals surface area contributed by atoms with Crippen LogP contribution in [0.1, 0.15) is 24.1 Å². The van der Waals surface area contributed by atoms with Crippen molar-refractivity contribution in [3.8, 4) is 28.3 Å². The summed E-state index contributed by atoms with van der Waals surface area (Å²) in [6.07, 6.45) is 3.44. The van der Waals surface area contributed by atoms with Crippen molar-refractivity contribution in [2.75, 3.05) is 11.1 Å². The van der Waals surface area contributed by atoms with E-state index in [1.807, 2.05) is 65.2 Å². The Kier molecular flexibility index (Phi) is 5.97. The molecule has 0 amide bonds. The van der Waals surface area contributed by atoms with Crippen molar-refractivity contribution >= 4 is 22.9 Å². The minimum Gasteiger partial charge on any atom is -0.368 e. The Balaban J connectivity index is 1.44. The predicted octanol–water partition coefficient (Wildman–Crippen LogP) is 6.00. The molecule has 8 heteroatoms. The summed E-state index contributed by atoms with van der Waals surface area (Å²) < 4.78 is 1.98. The van der Waals surface area contributed by atoms with Crippen LogP contribution in [0.5, 0.6) is 0 Å². The first-order valence-corrected chi connectivity index (χ1v) is 12.4. The van der Waals surface area contributed by atoms with Gasteiger partial charge in [0.2, 0.25) is 11.9 Å². The molecule has 1 unspecified atom stereocenters. The number of imidazole rings is 1. The van der Waals surface area contributed by atoms with Crippen molar-refractivity contribution in [3.63, 3.8) is 0 Å². The zero-order valence-electron chi connectivity index (χ0n) is 21.1. The minimum absolute atomic E-state index is 0.0264. The van der Waals surface area contributed by atoms with Gasteiger partial charge in [0, 0.05) is 23.4 Å². The predicted molar refractivity (Wildman–Crippen MR) is 151 cm³/mol. The Bertz CT molecular complexity index is 1740. The van der Waals surface area contributed by atoms with Gasteiger partial charge in [0.05, 0.1) is 28.5 Å². The summed E-state index contributed by atoms with van der Waals surface area (Å²) in [6.45, 7) is 4.19. The maximum Gasteiger partial charge on any atom is 0.225 e. The van der Waals surface area contributed by atoms with Crippen LogP contribution in [-0.2, 0) is 0 Å². The first-order chi connectivity index (χ1) is 18.5. The standard InChI is InChI=1S/C30H26N8/c1-19-8-6-7-11-23(19)25-17-28(37-30(36-25)34-20(2)21-9-4-3-5-10-21)38-18-33-26-16-22(12-13-27(26)38)24-14-15-32-29(31)35-24/h3-18,20H,1-2H3,(H2,31,32,35)(H,34,36,37). The highest BCUT2D eigenvalue weighted by Gasteiger charge is 2.15. The Morgan fingerprint density at radius 1 is 0.816 bits per heavy atom. The number of nitrogens with one attached hydrogen (secondary N) is 1. The second-order valence-corrected chi connectivity index (χ2v) is 9.14. The number of nitrogens with zero attached hydrogens (tertiary/aromatic N) is 6. The molecule has 3 aromatic heterocycles. The molecule has 0 spiro atoms. The van der Waals surface area contributed by atoms with Crippen LogP contribution in [0.4, 0.5) is 11.9 Å². The van der Waals surface area contributed by atoms with Gasteiger partial charge in [-0.15, -0.1) is 0 Å². The molecule has 6 rings (SSSR count). The van der Waals surface area contributed by atoms with Gasteiger partial charge in [0.1, 0.15) is 12.1 Å². The highest BCUT2D eigenvalue weighted by Crippen LogP contribution is 2.28. The molecule has 6 aromatic rings. The monoisotopic (exact) mass is 498 g/mol. The molecule has 0 bridgehead atoms. The lowest BCUT2D eigenvalue weighted by molar-refractivity contribution is 0.855. The van der Waals surface area contributed by atoms with Gasteiger partial charge in [-0.2, -0.15) is 4.98 Å². The summed E-state index contributed by atoms with van der Waals surface area (Å²) in [7, 11) is 0. The highest BCUT2D eigenvalue weighted by atomic mass is 15.2. The minimum atomic E-state index is 0.0264. The zero-order chi connectivity index (χ0) is 26.1. The number of rotatable bonds is 6. The van der Waals surface area contributed by atoms with Gasteiger partial charge in [-0.25, -0.2) is 19.9 Å². The van der Waals surface area contributed by atoms with Crippen LogP contribution in [0.25, 0.3) is 39.4 Å². The Labute approximate surface area is 220 Å². The molecule has 38 heavy (non-hydrogen) atoms. The molecule has 3 heterocycles. The number of aromatic nitrogens is 6. The van der Waals surface area contributed by atoms with Gasteiger partial charge in [0.25, 0.3) is 0 Å². The number of fused-ring (bicyclic) bond motifs is 1. The van der Waals surface area contributed by atoms with E-state index in [4.69, 9.17) is 15.7 Å². The summed E-state index contributed by atoms with van der Waals surface area (Å²) in [4.78, 5) is 22.8. The van der Waals surface area contributed by atoms with Crippen LogP contribution in [0.15, 0.2) is 97.5 Å².